The van der Waals surface area contributed by atoms with Gasteiger partial charge in [-0.05, 0) is 24.1 Å². The standard InChI is InChI=1S/C18H14N2O3/c19-11-16(21)15(10-12-6-2-1-3-7-12)20-17(22)13-8-4-5-9-14(13)18(20)23/h1-9,15-16,21H,10H2/t15-,16-/m0/s1. The summed E-state index contributed by atoms with van der Waals surface area (Å²) >= 11 is 0. The molecule has 0 aromatic heterocycles. The van der Waals surface area contributed by atoms with E-state index < -0.39 is 24.0 Å². The van der Waals surface area contributed by atoms with E-state index in [4.69, 9.17) is 5.26 Å². The molecule has 0 aliphatic carbocycles. The first-order chi connectivity index (χ1) is 11.1. The molecule has 114 valence electrons. The number of carbonyl (C=O) groups is 2. The number of carbonyl (C=O) groups excluding carboxylic acids is 2. The van der Waals surface area contributed by atoms with Gasteiger partial charge < -0.3 is 5.11 Å². The zero-order chi connectivity index (χ0) is 16.4. The zero-order valence-corrected chi connectivity index (χ0v) is 12.2. The van der Waals surface area contributed by atoms with E-state index in [0.717, 1.165) is 10.5 Å². The van der Waals surface area contributed by atoms with E-state index in [2.05, 4.69) is 0 Å². The van der Waals surface area contributed by atoms with Crippen LogP contribution in [0, 0.1) is 11.3 Å². The van der Waals surface area contributed by atoms with E-state index in [1.54, 1.807) is 30.3 Å². The smallest absolute Gasteiger partial charge is 0.261 e. The van der Waals surface area contributed by atoms with Crippen molar-refractivity contribution < 1.29 is 14.7 Å². The number of hydrogen-bond acceptors (Lipinski definition) is 4. The molecule has 0 fully saturated rings. The lowest BCUT2D eigenvalue weighted by molar-refractivity contribution is 0.0442. The Bertz CT molecular complexity index is 760. The van der Waals surface area contributed by atoms with Crippen molar-refractivity contribution in [3.05, 3.63) is 71.3 Å². The summed E-state index contributed by atoms with van der Waals surface area (Å²) in [4.78, 5) is 26.1. The van der Waals surface area contributed by atoms with Crippen molar-refractivity contribution in [3.63, 3.8) is 0 Å². The number of hydrogen-bond donors (Lipinski definition) is 1. The summed E-state index contributed by atoms with van der Waals surface area (Å²) in [5.74, 6) is -0.943. The minimum atomic E-state index is -1.45. The van der Waals surface area contributed by atoms with Crippen LogP contribution in [0.3, 0.4) is 0 Å². The zero-order valence-electron chi connectivity index (χ0n) is 12.2. The first-order valence-electron chi connectivity index (χ1n) is 7.22. The Morgan fingerprint density at radius 3 is 2.00 bits per heavy atom. The maximum Gasteiger partial charge on any atom is 0.261 e. The lowest BCUT2D eigenvalue weighted by atomic mass is 10.0. The van der Waals surface area contributed by atoms with Crippen molar-refractivity contribution >= 4 is 11.8 Å². The Morgan fingerprint density at radius 2 is 1.48 bits per heavy atom. The fourth-order valence-corrected chi connectivity index (χ4v) is 2.79. The molecule has 0 saturated heterocycles. The molecule has 0 radical (unpaired) electrons. The molecule has 1 aliphatic heterocycles. The van der Waals surface area contributed by atoms with Crippen LogP contribution < -0.4 is 0 Å². The quantitative estimate of drug-likeness (QED) is 0.689. The highest BCUT2D eigenvalue weighted by atomic mass is 16.3. The molecule has 23 heavy (non-hydrogen) atoms. The second kappa shape index (κ2) is 6.03. The van der Waals surface area contributed by atoms with Crippen LogP contribution in [0.5, 0.6) is 0 Å². The van der Waals surface area contributed by atoms with Crippen LogP contribution >= 0.6 is 0 Å². The molecule has 2 aromatic rings. The van der Waals surface area contributed by atoms with Crippen LogP contribution in [-0.4, -0.2) is 34.0 Å². The average molecular weight is 306 g/mol. The third kappa shape index (κ3) is 2.60. The predicted molar refractivity (Wildman–Crippen MR) is 82.5 cm³/mol. The molecule has 1 N–H and O–H groups in total. The molecule has 1 aliphatic rings. The molecule has 2 amide bonds. The van der Waals surface area contributed by atoms with Crippen LogP contribution in [0.25, 0.3) is 0 Å². The summed E-state index contributed by atoms with van der Waals surface area (Å²) in [5, 5.41) is 19.1. The molecule has 0 saturated carbocycles. The third-order valence-corrected chi connectivity index (χ3v) is 3.94. The number of nitriles is 1. The highest BCUT2D eigenvalue weighted by Gasteiger charge is 2.42. The van der Waals surface area contributed by atoms with Crippen LogP contribution in [0.15, 0.2) is 54.6 Å². The minimum Gasteiger partial charge on any atom is -0.376 e. The van der Waals surface area contributed by atoms with E-state index >= 15 is 0 Å². The Balaban J connectivity index is 1.97. The summed E-state index contributed by atoms with van der Waals surface area (Å²) < 4.78 is 0. The van der Waals surface area contributed by atoms with Gasteiger partial charge in [-0.15, -0.1) is 0 Å². The summed E-state index contributed by atoms with van der Waals surface area (Å²) in [6, 6.07) is 16.5. The Hall–Kier alpha value is -2.97. The van der Waals surface area contributed by atoms with Gasteiger partial charge in [-0.2, -0.15) is 5.26 Å². The summed E-state index contributed by atoms with van der Waals surface area (Å²) in [5.41, 5.74) is 1.45. The van der Waals surface area contributed by atoms with E-state index in [0.29, 0.717) is 11.1 Å². The van der Waals surface area contributed by atoms with E-state index in [1.165, 1.54) is 0 Å². The molecule has 2 atom stereocenters. The molecular weight excluding hydrogens is 292 g/mol. The van der Waals surface area contributed by atoms with Gasteiger partial charge in [-0.1, -0.05) is 42.5 Å². The first kappa shape index (κ1) is 14.9. The largest absolute Gasteiger partial charge is 0.376 e. The maximum absolute atomic E-state index is 12.5. The minimum absolute atomic E-state index is 0.223. The number of aliphatic hydroxyl groups is 1. The summed E-state index contributed by atoms with van der Waals surface area (Å²) in [6.45, 7) is 0. The van der Waals surface area contributed by atoms with Gasteiger partial charge >= 0.3 is 0 Å². The van der Waals surface area contributed by atoms with Gasteiger partial charge in [-0.25, -0.2) is 0 Å². The molecule has 5 nitrogen and oxygen atoms in total. The number of imide groups is 1. The van der Waals surface area contributed by atoms with Gasteiger partial charge in [-0.3, -0.25) is 14.5 Å². The van der Waals surface area contributed by atoms with Crippen LogP contribution in [0.1, 0.15) is 26.3 Å². The highest BCUT2D eigenvalue weighted by molar-refractivity contribution is 6.21. The van der Waals surface area contributed by atoms with Crippen molar-refractivity contribution in [2.24, 2.45) is 0 Å². The topological polar surface area (TPSA) is 81.4 Å². The number of nitrogens with zero attached hydrogens (tertiary/aromatic N) is 2. The molecule has 3 rings (SSSR count). The highest BCUT2D eigenvalue weighted by Crippen LogP contribution is 2.27. The van der Waals surface area contributed by atoms with Gasteiger partial charge in [0, 0.05) is 0 Å². The Labute approximate surface area is 133 Å². The number of fused-ring (bicyclic) bond motifs is 1. The Morgan fingerprint density at radius 1 is 0.957 bits per heavy atom. The van der Waals surface area contributed by atoms with Crippen molar-refractivity contribution in [3.8, 4) is 6.07 Å². The second-order valence-electron chi connectivity index (χ2n) is 5.36. The van der Waals surface area contributed by atoms with Gasteiger partial charge in [0.25, 0.3) is 11.8 Å². The SMILES string of the molecule is N#C[C@H](O)[C@H](Cc1ccccc1)N1C(=O)c2ccccc2C1=O. The molecule has 0 spiro atoms. The molecular formula is C18H14N2O3. The molecule has 5 heteroatoms. The van der Waals surface area contributed by atoms with Crippen molar-refractivity contribution in [1.29, 1.82) is 5.26 Å². The van der Waals surface area contributed by atoms with Crippen LogP contribution in [0.4, 0.5) is 0 Å². The fraction of sp³-hybridized carbons (Fsp3) is 0.167. The van der Waals surface area contributed by atoms with Gasteiger partial charge in [0.1, 0.15) is 0 Å². The van der Waals surface area contributed by atoms with Gasteiger partial charge in [0.2, 0.25) is 0 Å². The number of aliphatic hydroxyl groups excluding tert-OH is 1. The van der Waals surface area contributed by atoms with E-state index in [9.17, 15) is 14.7 Å². The number of rotatable bonds is 4. The van der Waals surface area contributed by atoms with Crippen molar-refractivity contribution in [2.75, 3.05) is 0 Å². The first-order valence-corrected chi connectivity index (χ1v) is 7.22. The third-order valence-electron chi connectivity index (χ3n) is 3.94. The van der Waals surface area contributed by atoms with E-state index in [-0.39, 0.29) is 6.42 Å². The molecule has 0 unspecified atom stereocenters. The lowest BCUT2D eigenvalue weighted by Crippen LogP contribution is -2.47. The fourth-order valence-electron chi connectivity index (χ4n) is 2.79. The van der Waals surface area contributed by atoms with Crippen LogP contribution in [-0.2, 0) is 6.42 Å². The monoisotopic (exact) mass is 306 g/mol. The van der Waals surface area contributed by atoms with Gasteiger partial charge in [0.05, 0.1) is 23.2 Å². The summed E-state index contributed by atoms with van der Waals surface area (Å²) in [7, 11) is 0. The Kier molecular flexibility index (Phi) is 3.92. The summed E-state index contributed by atoms with van der Waals surface area (Å²) in [6.07, 6.45) is -1.22. The molecule has 0 bridgehead atoms. The van der Waals surface area contributed by atoms with Crippen molar-refractivity contribution in [1.82, 2.24) is 4.90 Å². The molecule has 2 aromatic carbocycles. The maximum atomic E-state index is 12.5. The number of amides is 2. The molecule has 1 heterocycles. The lowest BCUT2D eigenvalue weighted by Gasteiger charge is -2.27. The number of benzene rings is 2. The van der Waals surface area contributed by atoms with Crippen LogP contribution in [0.2, 0.25) is 0 Å². The normalized spacial score (nSPS) is 15.9. The second-order valence-corrected chi connectivity index (χ2v) is 5.36. The van der Waals surface area contributed by atoms with Crippen molar-refractivity contribution in [2.45, 2.75) is 18.6 Å². The van der Waals surface area contributed by atoms with E-state index in [1.807, 2.05) is 30.3 Å². The average Bonchev–Trinajstić information content (AvgIpc) is 2.85. The van der Waals surface area contributed by atoms with Gasteiger partial charge in [0.15, 0.2) is 6.10 Å². The predicted octanol–water partition coefficient (Wildman–Crippen LogP) is 1.78.